The van der Waals surface area contributed by atoms with Crippen molar-refractivity contribution in [1.82, 2.24) is 0 Å². The van der Waals surface area contributed by atoms with Crippen LogP contribution < -0.4 is 11.1 Å². The van der Waals surface area contributed by atoms with Gasteiger partial charge in [0.15, 0.2) is 0 Å². The van der Waals surface area contributed by atoms with Crippen LogP contribution in [0, 0.1) is 0 Å². The minimum Gasteiger partial charge on any atom is -0.325 e. The number of hydrogen-bond acceptors (Lipinski definition) is 4. The molecule has 1 aliphatic rings. The number of nitrogens with two attached hydrogens (primary N) is 1. The van der Waals surface area contributed by atoms with Crippen LogP contribution in [0.5, 0.6) is 0 Å². The normalized spacial score (nSPS) is 16.9. The van der Waals surface area contributed by atoms with Gasteiger partial charge in [-0.15, -0.1) is 11.8 Å². The van der Waals surface area contributed by atoms with Crippen LogP contribution in [0.2, 0.25) is 0 Å². The summed E-state index contributed by atoms with van der Waals surface area (Å²) in [6.07, 6.45) is 8.11. The van der Waals surface area contributed by atoms with Gasteiger partial charge in [0.2, 0.25) is 5.91 Å². The van der Waals surface area contributed by atoms with Crippen molar-refractivity contribution in [3.8, 4) is 0 Å². The molecule has 3 N–H and O–H groups in total. The Kier molecular flexibility index (Phi) is 6.93. The van der Waals surface area contributed by atoms with Crippen LogP contribution in [-0.4, -0.2) is 29.2 Å². The lowest BCUT2D eigenvalue weighted by Gasteiger charge is -2.13. The molecule has 0 bridgehead atoms. The maximum atomic E-state index is 11.9. The second-order valence-corrected chi connectivity index (χ2v) is 7.79. The number of nitrogens with one attached hydrogen (secondary N) is 1. The molecule has 1 saturated carbocycles. The first kappa shape index (κ1) is 16.7. The van der Waals surface area contributed by atoms with Crippen LogP contribution in [-0.2, 0) is 4.79 Å². The van der Waals surface area contributed by atoms with E-state index in [-0.39, 0.29) is 5.91 Å². The number of amides is 1. The van der Waals surface area contributed by atoms with E-state index in [0.29, 0.717) is 6.42 Å². The zero-order chi connectivity index (χ0) is 15.1. The first-order valence-corrected chi connectivity index (χ1v) is 9.78. The summed E-state index contributed by atoms with van der Waals surface area (Å²) in [7, 11) is 0. The number of carbonyl (C=O) groups is 1. The van der Waals surface area contributed by atoms with E-state index in [1.54, 1.807) is 11.8 Å². The first-order chi connectivity index (χ1) is 10.2. The SMILES string of the molecule is CSCC[C@@H](N)C(=O)Nc1ccc(SC2CCCC2)cc1. The Labute approximate surface area is 135 Å². The summed E-state index contributed by atoms with van der Waals surface area (Å²) in [5, 5.41) is 3.66. The van der Waals surface area contributed by atoms with Crippen molar-refractivity contribution in [2.75, 3.05) is 17.3 Å². The fourth-order valence-corrected chi connectivity index (χ4v) is 4.16. The fourth-order valence-electron chi connectivity index (χ4n) is 2.43. The van der Waals surface area contributed by atoms with Crippen LogP contribution in [0.15, 0.2) is 29.2 Å². The van der Waals surface area contributed by atoms with Crippen molar-refractivity contribution in [3.63, 3.8) is 0 Å². The number of hydrogen-bond donors (Lipinski definition) is 2. The van der Waals surface area contributed by atoms with Crippen LogP contribution in [0.1, 0.15) is 32.1 Å². The molecule has 1 amide bonds. The van der Waals surface area contributed by atoms with Crippen LogP contribution >= 0.6 is 23.5 Å². The Balaban J connectivity index is 1.82. The summed E-state index contributed by atoms with van der Waals surface area (Å²) >= 11 is 3.66. The van der Waals surface area contributed by atoms with Gasteiger partial charge < -0.3 is 11.1 Å². The highest BCUT2D eigenvalue weighted by Crippen LogP contribution is 2.34. The fraction of sp³-hybridized carbons (Fsp3) is 0.562. The maximum Gasteiger partial charge on any atom is 0.241 e. The molecule has 0 saturated heterocycles. The molecular formula is C16H24N2OS2. The van der Waals surface area contributed by atoms with Gasteiger partial charge in [0.25, 0.3) is 0 Å². The average molecular weight is 325 g/mol. The minimum atomic E-state index is -0.426. The predicted octanol–water partition coefficient (Wildman–Crippen LogP) is 3.74. The largest absolute Gasteiger partial charge is 0.325 e. The van der Waals surface area contributed by atoms with Crippen molar-refractivity contribution in [3.05, 3.63) is 24.3 Å². The van der Waals surface area contributed by atoms with Gasteiger partial charge in [0.1, 0.15) is 0 Å². The molecule has 21 heavy (non-hydrogen) atoms. The van der Waals surface area contributed by atoms with Gasteiger partial charge in [-0.05, 0) is 55.5 Å². The molecule has 3 nitrogen and oxygen atoms in total. The lowest BCUT2D eigenvalue weighted by molar-refractivity contribution is -0.117. The quantitative estimate of drug-likeness (QED) is 0.802. The van der Waals surface area contributed by atoms with E-state index in [9.17, 15) is 4.79 Å². The van der Waals surface area contributed by atoms with Crippen LogP contribution in [0.4, 0.5) is 5.69 Å². The highest BCUT2D eigenvalue weighted by atomic mass is 32.2. The molecule has 0 aliphatic heterocycles. The monoisotopic (exact) mass is 324 g/mol. The number of anilines is 1. The topological polar surface area (TPSA) is 55.1 Å². The number of thioether (sulfide) groups is 2. The molecular weight excluding hydrogens is 300 g/mol. The lowest BCUT2D eigenvalue weighted by atomic mass is 10.2. The summed E-state index contributed by atoms with van der Waals surface area (Å²) in [5.74, 6) is 0.811. The second kappa shape index (κ2) is 8.71. The Morgan fingerprint density at radius 1 is 1.33 bits per heavy atom. The zero-order valence-corrected chi connectivity index (χ0v) is 14.1. The molecule has 1 fully saturated rings. The van der Waals surface area contributed by atoms with Crippen molar-refractivity contribution >= 4 is 35.1 Å². The minimum absolute atomic E-state index is 0.0970. The Morgan fingerprint density at radius 3 is 2.62 bits per heavy atom. The molecule has 2 rings (SSSR count). The summed E-state index contributed by atoms with van der Waals surface area (Å²) in [6.45, 7) is 0. The summed E-state index contributed by atoms with van der Waals surface area (Å²) in [6, 6.07) is 7.69. The van der Waals surface area contributed by atoms with Gasteiger partial charge in [-0.2, -0.15) is 11.8 Å². The summed E-state index contributed by atoms with van der Waals surface area (Å²) in [5.41, 5.74) is 6.69. The molecule has 1 aliphatic carbocycles. The molecule has 5 heteroatoms. The third-order valence-electron chi connectivity index (χ3n) is 3.70. The molecule has 0 heterocycles. The average Bonchev–Trinajstić information content (AvgIpc) is 2.99. The number of benzene rings is 1. The molecule has 116 valence electrons. The van der Waals surface area contributed by atoms with Gasteiger partial charge in [-0.25, -0.2) is 0 Å². The molecule has 1 atom stereocenters. The van der Waals surface area contributed by atoms with E-state index >= 15 is 0 Å². The maximum absolute atomic E-state index is 11.9. The highest BCUT2D eigenvalue weighted by molar-refractivity contribution is 8.00. The highest BCUT2D eigenvalue weighted by Gasteiger charge is 2.16. The standard InChI is InChI=1S/C16H24N2OS2/c1-20-11-10-15(17)16(19)18-12-6-8-14(9-7-12)21-13-4-2-3-5-13/h6-9,13,15H,2-5,10-11,17H2,1H3,(H,18,19)/t15-/m1/s1. The smallest absolute Gasteiger partial charge is 0.241 e. The number of carbonyl (C=O) groups excluding carboxylic acids is 1. The van der Waals surface area contributed by atoms with E-state index < -0.39 is 6.04 Å². The summed E-state index contributed by atoms with van der Waals surface area (Å²) in [4.78, 5) is 13.2. The third-order valence-corrected chi connectivity index (χ3v) is 5.69. The molecule has 0 radical (unpaired) electrons. The Bertz CT molecular complexity index is 444. The van der Waals surface area contributed by atoms with Gasteiger partial charge in [0, 0.05) is 15.8 Å². The van der Waals surface area contributed by atoms with Gasteiger partial charge in [0.05, 0.1) is 6.04 Å². The van der Waals surface area contributed by atoms with Gasteiger partial charge >= 0.3 is 0 Å². The zero-order valence-electron chi connectivity index (χ0n) is 12.5. The Hall–Kier alpha value is -0.650. The van der Waals surface area contributed by atoms with Crippen molar-refractivity contribution in [2.45, 2.75) is 48.3 Å². The van der Waals surface area contributed by atoms with Crippen molar-refractivity contribution < 1.29 is 4.79 Å². The molecule has 0 unspecified atom stereocenters. The third kappa shape index (κ3) is 5.57. The Morgan fingerprint density at radius 2 is 2.00 bits per heavy atom. The lowest BCUT2D eigenvalue weighted by Crippen LogP contribution is -2.36. The van der Waals surface area contributed by atoms with Crippen molar-refractivity contribution in [1.29, 1.82) is 0 Å². The van der Waals surface area contributed by atoms with Crippen LogP contribution in [0.25, 0.3) is 0 Å². The van der Waals surface area contributed by atoms with E-state index in [4.69, 9.17) is 5.73 Å². The van der Waals surface area contributed by atoms with Crippen molar-refractivity contribution in [2.24, 2.45) is 5.73 Å². The van der Waals surface area contributed by atoms with Crippen LogP contribution in [0.3, 0.4) is 0 Å². The molecule has 0 aromatic heterocycles. The van der Waals surface area contributed by atoms with E-state index in [1.165, 1.54) is 30.6 Å². The van der Waals surface area contributed by atoms with Gasteiger partial charge in [-0.1, -0.05) is 12.8 Å². The summed E-state index contributed by atoms with van der Waals surface area (Å²) < 4.78 is 0. The molecule has 1 aromatic rings. The van der Waals surface area contributed by atoms with Gasteiger partial charge in [-0.3, -0.25) is 4.79 Å². The number of rotatable bonds is 7. The second-order valence-electron chi connectivity index (χ2n) is 5.43. The molecule has 0 spiro atoms. The van der Waals surface area contributed by atoms with E-state index in [1.807, 2.05) is 30.2 Å². The first-order valence-electron chi connectivity index (χ1n) is 7.51. The van der Waals surface area contributed by atoms with E-state index in [2.05, 4.69) is 17.4 Å². The predicted molar refractivity (Wildman–Crippen MR) is 94.2 cm³/mol. The molecule has 1 aromatic carbocycles. The van der Waals surface area contributed by atoms with E-state index in [0.717, 1.165) is 16.7 Å².